The van der Waals surface area contributed by atoms with Gasteiger partial charge in [-0.2, -0.15) is 0 Å². The number of sulfonamides is 1. The van der Waals surface area contributed by atoms with E-state index in [0.717, 1.165) is 10.8 Å². The van der Waals surface area contributed by atoms with Gasteiger partial charge in [0.25, 0.3) is 15.9 Å². The van der Waals surface area contributed by atoms with Gasteiger partial charge in [0.2, 0.25) is 0 Å². The van der Waals surface area contributed by atoms with Crippen LogP contribution in [0.4, 0.5) is 11.4 Å². The Bertz CT molecular complexity index is 1440. The van der Waals surface area contributed by atoms with Gasteiger partial charge in [-0.1, -0.05) is 37.3 Å². The zero-order chi connectivity index (χ0) is 25.5. The molecule has 4 rings (SSSR count). The van der Waals surface area contributed by atoms with E-state index < -0.39 is 16.1 Å². The minimum absolute atomic E-state index is 0.0776. The highest BCUT2D eigenvalue weighted by Crippen LogP contribution is 2.23. The molecule has 0 heterocycles. The number of fused-ring (bicyclic) bond motifs is 1. The summed E-state index contributed by atoms with van der Waals surface area (Å²) in [6, 6.07) is 26.3. The van der Waals surface area contributed by atoms with E-state index in [2.05, 4.69) is 10.0 Å². The van der Waals surface area contributed by atoms with E-state index in [4.69, 9.17) is 9.47 Å². The average Bonchev–Trinajstić information content (AvgIpc) is 2.88. The number of hydrogen-bond donors (Lipinski definition) is 2. The summed E-state index contributed by atoms with van der Waals surface area (Å²) in [7, 11) is -3.79. The smallest absolute Gasteiger partial charge is 0.265 e. The van der Waals surface area contributed by atoms with Crippen LogP contribution in [0.1, 0.15) is 20.3 Å². The number of ether oxygens (including phenoxy) is 2. The van der Waals surface area contributed by atoms with E-state index in [9.17, 15) is 13.2 Å². The van der Waals surface area contributed by atoms with E-state index in [-0.39, 0.29) is 10.8 Å². The number of benzene rings is 4. The van der Waals surface area contributed by atoms with Crippen molar-refractivity contribution in [2.24, 2.45) is 0 Å². The predicted octanol–water partition coefficient (Wildman–Crippen LogP) is 5.84. The van der Waals surface area contributed by atoms with Crippen LogP contribution in [0, 0.1) is 0 Å². The van der Waals surface area contributed by atoms with Crippen LogP contribution in [0.5, 0.6) is 11.5 Å². The van der Waals surface area contributed by atoms with Crippen LogP contribution in [0.2, 0.25) is 0 Å². The minimum atomic E-state index is -3.79. The number of anilines is 2. The topological polar surface area (TPSA) is 93.7 Å². The van der Waals surface area contributed by atoms with E-state index in [1.807, 2.05) is 56.3 Å². The largest absolute Gasteiger partial charge is 0.494 e. The number of carbonyl (C=O) groups excluding carboxylic acids is 1. The van der Waals surface area contributed by atoms with Crippen LogP contribution >= 0.6 is 0 Å². The first-order valence-corrected chi connectivity index (χ1v) is 13.2. The summed E-state index contributed by atoms with van der Waals surface area (Å²) in [6.45, 7) is 4.28. The molecule has 0 aliphatic rings. The molecule has 0 aliphatic heterocycles. The fourth-order valence-electron chi connectivity index (χ4n) is 3.67. The molecule has 1 atom stereocenters. The van der Waals surface area contributed by atoms with E-state index in [1.165, 1.54) is 12.1 Å². The summed E-state index contributed by atoms with van der Waals surface area (Å²) in [6.07, 6.45) is -0.229. The molecule has 0 aromatic heterocycles. The molecular formula is C28H28N2O5S. The molecule has 0 fully saturated rings. The van der Waals surface area contributed by atoms with E-state index in [1.54, 1.807) is 36.4 Å². The summed E-state index contributed by atoms with van der Waals surface area (Å²) in [5, 5.41) is 4.92. The number of amides is 1. The molecule has 0 aliphatic carbocycles. The van der Waals surface area contributed by atoms with Gasteiger partial charge in [0.15, 0.2) is 6.10 Å². The van der Waals surface area contributed by atoms with Gasteiger partial charge in [-0.3, -0.25) is 9.52 Å². The van der Waals surface area contributed by atoms with Crippen LogP contribution < -0.4 is 19.5 Å². The Labute approximate surface area is 211 Å². The van der Waals surface area contributed by atoms with Crippen molar-refractivity contribution in [3.05, 3.63) is 91.0 Å². The SMILES string of the molecule is CCOc1ccc(NS(=O)(=O)c2ccc(NC(=O)C(CC)Oc3ccc4ccccc4c3)cc2)cc1. The highest BCUT2D eigenvalue weighted by molar-refractivity contribution is 7.92. The highest BCUT2D eigenvalue weighted by atomic mass is 32.2. The lowest BCUT2D eigenvalue weighted by atomic mass is 10.1. The summed E-state index contributed by atoms with van der Waals surface area (Å²) < 4.78 is 39.4. The number of carbonyl (C=O) groups is 1. The third-order valence-electron chi connectivity index (χ3n) is 5.51. The van der Waals surface area contributed by atoms with Crippen LogP contribution in [-0.2, 0) is 14.8 Å². The van der Waals surface area contributed by atoms with Crippen molar-refractivity contribution in [3.63, 3.8) is 0 Å². The Hall–Kier alpha value is -4.04. The molecule has 0 saturated heterocycles. The van der Waals surface area contributed by atoms with Crippen LogP contribution in [-0.4, -0.2) is 27.0 Å². The maximum absolute atomic E-state index is 12.8. The average molecular weight is 505 g/mol. The van der Waals surface area contributed by atoms with Crippen LogP contribution in [0.15, 0.2) is 95.9 Å². The summed E-state index contributed by atoms with van der Waals surface area (Å²) in [4.78, 5) is 12.9. The van der Waals surface area contributed by atoms with Crippen molar-refractivity contribution in [1.82, 2.24) is 0 Å². The summed E-state index contributed by atoms with van der Waals surface area (Å²) in [5.74, 6) is 0.960. The van der Waals surface area contributed by atoms with Gasteiger partial charge >= 0.3 is 0 Å². The monoisotopic (exact) mass is 504 g/mol. The molecule has 186 valence electrons. The molecule has 1 amide bonds. The molecule has 4 aromatic carbocycles. The summed E-state index contributed by atoms with van der Waals surface area (Å²) >= 11 is 0. The molecule has 1 unspecified atom stereocenters. The Morgan fingerprint density at radius 2 is 1.44 bits per heavy atom. The number of rotatable bonds is 10. The number of hydrogen-bond acceptors (Lipinski definition) is 5. The van der Waals surface area contributed by atoms with E-state index in [0.29, 0.717) is 35.9 Å². The molecule has 36 heavy (non-hydrogen) atoms. The molecule has 4 aromatic rings. The molecule has 7 nitrogen and oxygen atoms in total. The van der Waals surface area contributed by atoms with Gasteiger partial charge in [-0.15, -0.1) is 0 Å². The zero-order valence-corrected chi connectivity index (χ0v) is 20.9. The van der Waals surface area contributed by atoms with Crippen molar-refractivity contribution in [2.45, 2.75) is 31.3 Å². The van der Waals surface area contributed by atoms with Crippen molar-refractivity contribution in [3.8, 4) is 11.5 Å². The second kappa shape index (κ2) is 11.1. The molecular weight excluding hydrogens is 476 g/mol. The second-order valence-electron chi connectivity index (χ2n) is 8.10. The van der Waals surface area contributed by atoms with Crippen molar-refractivity contribution < 1.29 is 22.7 Å². The van der Waals surface area contributed by atoms with Crippen molar-refractivity contribution in [1.29, 1.82) is 0 Å². The van der Waals surface area contributed by atoms with Gasteiger partial charge in [0.1, 0.15) is 11.5 Å². The first-order chi connectivity index (χ1) is 17.4. The van der Waals surface area contributed by atoms with E-state index >= 15 is 0 Å². The fraction of sp³-hybridized carbons (Fsp3) is 0.179. The lowest BCUT2D eigenvalue weighted by Crippen LogP contribution is -2.32. The molecule has 2 N–H and O–H groups in total. The highest BCUT2D eigenvalue weighted by Gasteiger charge is 2.20. The fourth-order valence-corrected chi connectivity index (χ4v) is 4.73. The van der Waals surface area contributed by atoms with Gasteiger partial charge in [0.05, 0.1) is 11.5 Å². The third kappa shape index (κ3) is 6.14. The Balaban J connectivity index is 1.39. The quantitative estimate of drug-likeness (QED) is 0.283. The second-order valence-corrected chi connectivity index (χ2v) is 9.78. The van der Waals surface area contributed by atoms with Gasteiger partial charge < -0.3 is 14.8 Å². The van der Waals surface area contributed by atoms with Crippen LogP contribution in [0.3, 0.4) is 0 Å². The molecule has 0 bridgehead atoms. The standard InChI is InChI=1S/C28H28N2O5S/c1-3-27(35-25-14-9-20-7-5-6-8-21(20)19-25)28(31)29-22-12-17-26(18-13-22)36(32,33)30-23-10-15-24(16-11-23)34-4-2/h5-19,27,30H,3-4H2,1-2H3,(H,29,31). The normalized spacial score (nSPS) is 12.1. The minimum Gasteiger partial charge on any atom is -0.494 e. The first kappa shape index (κ1) is 25.1. The Morgan fingerprint density at radius 1 is 0.806 bits per heavy atom. The third-order valence-corrected chi connectivity index (χ3v) is 6.91. The molecule has 0 spiro atoms. The summed E-state index contributed by atoms with van der Waals surface area (Å²) in [5.41, 5.74) is 0.896. The van der Waals surface area contributed by atoms with Gasteiger partial charge in [-0.25, -0.2) is 8.42 Å². The lowest BCUT2D eigenvalue weighted by molar-refractivity contribution is -0.122. The molecule has 0 saturated carbocycles. The Morgan fingerprint density at radius 3 is 2.11 bits per heavy atom. The zero-order valence-electron chi connectivity index (χ0n) is 20.1. The van der Waals surface area contributed by atoms with Gasteiger partial charge in [0, 0.05) is 11.4 Å². The van der Waals surface area contributed by atoms with Crippen molar-refractivity contribution >= 4 is 38.1 Å². The number of nitrogens with one attached hydrogen (secondary N) is 2. The van der Waals surface area contributed by atoms with Gasteiger partial charge in [-0.05, 0) is 84.8 Å². The predicted molar refractivity (Wildman–Crippen MR) is 142 cm³/mol. The maximum atomic E-state index is 12.8. The Kier molecular flexibility index (Phi) is 7.75. The van der Waals surface area contributed by atoms with Crippen molar-refractivity contribution in [2.75, 3.05) is 16.6 Å². The lowest BCUT2D eigenvalue weighted by Gasteiger charge is -2.18. The molecule has 0 radical (unpaired) electrons. The first-order valence-electron chi connectivity index (χ1n) is 11.7. The molecule has 8 heteroatoms. The van der Waals surface area contributed by atoms with Crippen LogP contribution in [0.25, 0.3) is 10.8 Å². The maximum Gasteiger partial charge on any atom is 0.265 e.